The molecule has 3 aromatic rings. The van der Waals surface area contributed by atoms with Crippen LogP contribution in [0.15, 0.2) is 47.4 Å². The van der Waals surface area contributed by atoms with Crippen molar-refractivity contribution in [2.75, 3.05) is 29.6 Å². The van der Waals surface area contributed by atoms with E-state index >= 15 is 0 Å². The van der Waals surface area contributed by atoms with Crippen LogP contribution in [0.3, 0.4) is 0 Å². The van der Waals surface area contributed by atoms with E-state index in [-0.39, 0.29) is 22.5 Å². The van der Waals surface area contributed by atoms with Crippen LogP contribution in [0.5, 0.6) is 0 Å². The predicted octanol–water partition coefficient (Wildman–Crippen LogP) is 3.69. The van der Waals surface area contributed by atoms with E-state index in [1.54, 1.807) is 18.2 Å². The van der Waals surface area contributed by atoms with Gasteiger partial charge in [-0.25, -0.2) is 17.8 Å². The molecule has 6 nitrogen and oxygen atoms in total. The lowest BCUT2D eigenvalue weighted by Gasteiger charge is -2.31. The molecule has 29 heavy (non-hydrogen) atoms. The molecule has 1 saturated heterocycles. The molecule has 9 heteroatoms. The lowest BCUT2D eigenvalue weighted by Crippen LogP contribution is -2.40. The van der Waals surface area contributed by atoms with Gasteiger partial charge in [0.25, 0.3) is 0 Å². The average Bonchev–Trinajstić information content (AvgIpc) is 3.11. The number of hydrogen-bond donors (Lipinski definition) is 1. The van der Waals surface area contributed by atoms with Crippen molar-refractivity contribution in [1.29, 1.82) is 0 Å². The minimum Gasteiger partial charge on any atom is -0.347 e. The molecule has 1 fully saturated rings. The van der Waals surface area contributed by atoms with E-state index < -0.39 is 9.84 Å². The molecule has 1 aliphatic rings. The number of piperidine rings is 1. The normalized spacial score (nSPS) is 17.4. The number of anilines is 2. The highest BCUT2D eigenvalue weighted by Crippen LogP contribution is 2.32. The molecule has 4 rings (SSSR count). The Balaban J connectivity index is 1.45. The van der Waals surface area contributed by atoms with Gasteiger partial charge in [0.1, 0.15) is 5.82 Å². The van der Waals surface area contributed by atoms with E-state index in [2.05, 4.69) is 15.2 Å². The van der Waals surface area contributed by atoms with Crippen molar-refractivity contribution in [1.82, 2.24) is 4.98 Å². The standard InChI is InChI=1S/C20H20FN3O3S2/c1-29(26,27)16-7-5-15(6-8-16)22-19(25)13-3-2-10-24(12-13)20-23-17-9-4-14(21)11-18(17)28-20/h4-9,11,13H,2-3,10,12H2,1H3,(H,22,25). The van der Waals surface area contributed by atoms with E-state index in [1.807, 2.05) is 0 Å². The monoisotopic (exact) mass is 433 g/mol. The van der Waals surface area contributed by atoms with Crippen LogP contribution < -0.4 is 10.2 Å². The number of carbonyl (C=O) groups excluding carboxylic acids is 1. The number of nitrogens with zero attached hydrogens (tertiary/aromatic N) is 2. The van der Waals surface area contributed by atoms with Crippen LogP contribution in [-0.4, -0.2) is 38.7 Å². The molecule has 1 aromatic heterocycles. The minimum atomic E-state index is -3.27. The molecule has 1 atom stereocenters. The SMILES string of the molecule is CS(=O)(=O)c1ccc(NC(=O)C2CCCN(c3nc4ccc(F)cc4s3)C2)cc1. The Bertz CT molecular complexity index is 1160. The number of thiazole rings is 1. The summed E-state index contributed by atoms with van der Waals surface area (Å²) in [6.45, 7) is 1.34. The van der Waals surface area contributed by atoms with E-state index in [9.17, 15) is 17.6 Å². The maximum Gasteiger partial charge on any atom is 0.229 e. The largest absolute Gasteiger partial charge is 0.347 e. The molecule has 0 aliphatic carbocycles. The first-order valence-electron chi connectivity index (χ1n) is 9.21. The molecule has 152 valence electrons. The van der Waals surface area contributed by atoms with Gasteiger partial charge in [-0.15, -0.1) is 0 Å². The van der Waals surface area contributed by atoms with Crippen LogP contribution >= 0.6 is 11.3 Å². The molecule has 0 spiro atoms. The van der Waals surface area contributed by atoms with E-state index in [4.69, 9.17) is 0 Å². The summed E-state index contributed by atoms with van der Waals surface area (Å²) in [5.74, 6) is -0.596. The molecular weight excluding hydrogens is 413 g/mol. The van der Waals surface area contributed by atoms with Gasteiger partial charge < -0.3 is 10.2 Å². The fourth-order valence-electron chi connectivity index (χ4n) is 3.42. The maximum absolute atomic E-state index is 13.4. The second-order valence-corrected chi connectivity index (χ2v) is 10.2. The topological polar surface area (TPSA) is 79.4 Å². The van der Waals surface area contributed by atoms with E-state index in [1.165, 1.54) is 35.6 Å². The quantitative estimate of drug-likeness (QED) is 0.679. The first kappa shape index (κ1) is 19.8. The third-order valence-electron chi connectivity index (χ3n) is 4.95. The number of fused-ring (bicyclic) bond motifs is 1. The summed E-state index contributed by atoms with van der Waals surface area (Å²) in [7, 11) is -3.27. The summed E-state index contributed by atoms with van der Waals surface area (Å²) in [4.78, 5) is 19.6. The molecule has 1 amide bonds. The van der Waals surface area contributed by atoms with Crippen LogP contribution in [-0.2, 0) is 14.6 Å². The summed E-state index contributed by atoms with van der Waals surface area (Å²) in [5.41, 5.74) is 1.32. The minimum absolute atomic E-state index is 0.103. The smallest absolute Gasteiger partial charge is 0.229 e. The molecular formula is C20H20FN3O3S2. The molecule has 1 aliphatic heterocycles. The number of sulfone groups is 1. The predicted molar refractivity (Wildman–Crippen MR) is 113 cm³/mol. The zero-order valence-electron chi connectivity index (χ0n) is 15.8. The maximum atomic E-state index is 13.4. The molecule has 2 heterocycles. The molecule has 0 radical (unpaired) electrons. The summed E-state index contributed by atoms with van der Waals surface area (Å²) >= 11 is 1.43. The fourth-order valence-corrected chi connectivity index (χ4v) is 5.07. The Hall–Kier alpha value is -2.52. The highest BCUT2D eigenvalue weighted by atomic mass is 32.2. The number of amides is 1. The van der Waals surface area contributed by atoms with Gasteiger partial charge in [-0.3, -0.25) is 4.79 Å². The second kappa shape index (κ2) is 7.72. The number of rotatable bonds is 4. The van der Waals surface area contributed by atoms with Crippen molar-refractivity contribution in [3.63, 3.8) is 0 Å². The van der Waals surface area contributed by atoms with Crippen LogP contribution in [0, 0.1) is 11.7 Å². The van der Waals surface area contributed by atoms with Gasteiger partial charge >= 0.3 is 0 Å². The van der Waals surface area contributed by atoms with Crippen LogP contribution in [0.4, 0.5) is 15.2 Å². The van der Waals surface area contributed by atoms with Crippen molar-refractivity contribution in [2.45, 2.75) is 17.7 Å². The average molecular weight is 434 g/mol. The van der Waals surface area contributed by atoms with Crippen molar-refractivity contribution >= 4 is 48.1 Å². The molecule has 0 bridgehead atoms. The molecule has 1 N–H and O–H groups in total. The van der Waals surface area contributed by atoms with Crippen molar-refractivity contribution in [3.8, 4) is 0 Å². The third kappa shape index (κ3) is 4.40. The highest BCUT2D eigenvalue weighted by Gasteiger charge is 2.27. The molecule has 0 saturated carbocycles. The third-order valence-corrected chi connectivity index (χ3v) is 7.16. The first-order valence-corrected chi connectivity index (χ1v) is 11.9. The summed E-state index contributed by atoms with van der Waals surface area (Å²) in [6.07, 6.45) is 2.77. The van der Waals surface area contributed by atoms with Gasteiger partial charge in [-0.2, -0.15) is 0 Å². The number of benzene rings is 2. The Morgan fingerprint density at radius 1 is 1.24 bits per heavy atom. The van der Waals surface area contributed by atoms with Crippen molar-refractivity contribution < 1.29 is 17.6 Å². The van der Waals surface area contributed by atoms with Gasteiger partial charge in [0.05, 0.1) is 21.0 Å². The fraction of sp³-hybridized carbons (Fsp3) is 0.300. The van der Waals surface area contributed by atoms with Gasteiger partial charge in [-0.05, 0) is 55.3 Å². The van der Waals surface area contributed by atoms with Crippen LogP contribution in [0.25, 0.3) is 10.2 Å². The van der Waals surface area contributed by atoms with Crippen molar-refractivity contribution in [3.05, 3.63) is 48.3 Å². The second-order valence-electron chi connectivity index (χ2n) is 7.18. The molecule has 1 unspecified atom stereocenters. The summed E-state index contributed by atoms with van der Waals surface area (Å²) in [5, 5.41) is 3.66. The number of aromatic nitrogens is 1. The summed E-state index contributed by atoms with van der Waals surface area (Å²) < 4.78 is 37.3. The zero-order valence-corrected chi connectivity index (χ0v) is 17.4. The Morgan fingerprint density at radius 3 is 2.72 bits per heavy atom. The lowest BCUT2D eigenvalue weighted by atomic mass is 9.97. The van der Waals surface area contributed by atoms with E-state index in [0.29, 0.717) is 12.2 Å². The summed E-state index contributed by atoms with van der Waals surface area (Å²) in [6, 6.07) is 10.7. The Labute approximate surface area is 172 Å². The highest BCUT2D eigenvalue weighted by molar-refractivity contribution is 7.90. The van der Waals surface area contributed by atoms with Gasteiger partial charge in [0.2, 0.25) is 5.91 Å². The van der Waals surface area contributed by atoms with Gasteiger partial charge in [-0.1, -0.05) is 11.3 Å². The Kier molecular flexibility index (Phi) is 5.26. The van der Waals surface area contributed by atoms with Gasteiger partial charge in [0, 0.05) is 25.0 Å². The lowest BCUT2D eigenvalue weighted by molar-refractivity contribution is -0.120. The number of nitrogens with one attached hydrogen (secondary N) is 1. The first-order chi connectivity index (χ1) is 13.8. The molecule has 2 aromatic carbocycles. The number of hydrogen-bond acceptors (Lipinski definition) is 6. The van der Waals surface area contributed by atoms with Gasteiger partial charge in [0.15, 0.2) is 15.0 Å². The van der Waals surface area contributed by atoms with E-state index in [0.717, 1.165) is 41.0 Å². The van der Waals surface area contributed by atoms with Crippen LogP contribution in [0.2, 0.25) is 0 Å². The Morgan fingerprint density at radius 2 is 2.00 bits per heavy atom. The number of carbonyl (C=O) groups is 1. The van der Waals surface area contributed by atoms with Crippen molar-refractivity contribution in [2.24, 2.45) is 5.92 Å². The zero-order chi connectivity index (χ0) is 20.6. The van der Waals surface area contributed by atoms with Crippen LogP contribution in [0.1, 0.15) is 12.8 Å². The number of halogens is 1.